The van der Waals surface area contributed by atoms with Crippen LogP contribution in [0, 0.1) is 0 Å². The molecule has 5 heteroatoms. The second-order valence-electron chi connectivity index (χ2n) is 6.16. The first-order valence-corrected chi connectivity index (χ1v) is 8.95. The molecule has 25 heavy (non-hydrogen) atoms. The molecule has 1 aliphatic rings. The average molecular weight is 359 g/mol. The minimum atomic E-state index is -0.463. The number of hydrogen-bond acceptors (Lipinski definition) is 4. The van der Waals surface area contributed by atoms with Crippen LogP contribution in [0.5, 0.6) is 0 Å². The van der Waals surface area contributed by atoms with Gasteiger partial charge in [-0.15, -0.1) is 0 Å². The van der Waals surface area contributed by atoms with E-state index in [0.29, 0.717) is 5.02 Å². The summed E-state index contributed by atoms with van der Waals surface area (Å²) < 4.78 is 5.07. The number of para-hydroxylation sites is 1. The van der Waals surface area contributed by atoms with E-state index in [1.54, 1.807) is 0 Å². The van der Waals surface area contributed by atoms with Gasteiger partial charge in [-0.3, -0.25) is 4.90 Å². The van der Waals surface area contributed by atoms with Gasteiger partial charge >= 0.3 is 5.97 Å². The van der Waals surface area contributed by atoms with Gasteiger partial charge in [-0.2, -0.15) is 0 Å². The van der Waals surface area contributed by atoms with Gasteiger partial charge in [0.1, 0.15) is 6.04 Å². The van der Waals surface area contributed by atoms with E-state index in [2.05, 4.69) is 34.1 Å². The van der Waals surface area contributed by atoms with Crippen LogP contribution in [0.3, 0.4) is 0 Å². The van der Waals surface area contributed by atoms with Crippen LogP contribution in [0.2, 0.25) is 5.02 Å². The van der Waals surface area contributed by atoms with Crippen LogP contribution in [0.1, 0.15) is 18.0 Å². The van der Waals surface area contributed by atoms with Crippen LogP contribution >= 0.6 is 11.6 Å². The lowest BCUT2D eigenvalue weighted by molar-refractivity contribution is -0.147. The number of benzene rings is 2. The van der Waals surface area contributed by atoms with Crippen molar-refractivity contribution in [2.45, 2.75) is 12.5 Å². The number of ether oxygens (including phenoxy) is 1. The molecule has 0 aliphatic carbocycles. The van der Waals surface area contributed by atoms with E-state index in [0.717, 1.165) is 38.2 Å². The topological polar surface area (TPSA) is 32.8 Å². The van der Waals surface area contributed by atoms with Crippen LogP contribution in [-0.2, 0) is 9.53 Å². The SMILES string of the molecule is COC(=O)C(c1ccccc1Cl)N1CCCN(c2ccccc2)CC1. The lowest BCUT2D eigenvalue weighted by atomic mass is 10.0. The molecule has 1 atom stereocenters. The third kappa shape index (κ3) is 4.14. The maximum absolute atomic E-state index is 12.5. The quantitative estimate of drug-likeness (QED) is 0.779. The highest BCUT2D eigenvalue weighted by Gasteiger charge is 2.31. The molecule has 132 valence electrons. The molecule has 0 bridgehead atoms. The molecule has 0 N–H and O–H groups in total. The Balaban J connectivity index is 1.81. The number of carbonyl (C=O) groups is 1. The van der Waals surface area contributed by atoms with Gasteiger partial charge in [0.15, 0.2) is 0 Å². The van der Waals surface area contributed by atoms with Crippen LogP contribution in [0.4, 0.5) is 5.69 Å². The predicted octanol–water partition coefficient (Wildman–Crippen LogP) is 3.77. The smallest absolute Gasteiger partial charge is 0.327 e. The van der Waals surface area contributed by atoms with Crippen molar-refractivity contribution in [2.75, 3.05) is 38.2 Å². The van der Waals surface area contributed by atoms with Gasteiger partial charge in [0.25, 0.3) is 0 Å². The van der Waals surface area contributed by atoms with E-state index >= 15 is 0 Å². The first-order chi connectivity index (χ1) is 12.2. The Morgan fingerprint density at radius 1 is 1.00 bits per heavy atom. The molecule has 1 unspecified atom stereocenters. The molecule has 2 aromatic rings. The van der Waals surface area contributed by atoms with Crippen molar-refractivity contribution < 1.29 is 9.53 Å². The normalized spacial score (nSPS) is 17.0. The van der Waals surface area contributed by atoms with Gasteiger partial charge in [0, 0.05) is 36.9 Å². The van der Waals surface area contributed by atoms with Crippen LogP contribution in [0.15, 0.2) is 54.6 Å². The molecular formula is C20H23ClN2O2. The van der Waals surface area contributed by atoms with Crippen LogP contribution < -0.4 is 4.90 Å². The number of anilines is 1. The van der Waals surface area contributed by atoms with Crippen molar-refractivity contribution in [1.82, 2.24) is 4.90 Å². The average Bonchev–Trinajstić information content (AvgIpc) is 2.90. The Labute approximate surface area is 154 Å². The van der Waals surface area contributed by atoms with Gasteiger partial charge in [0.05, 0.1) is 7.11 Å². The monoisotopic (exact) mass is 358 g/mol. The van der Waals surface area contributed by atoms with E-state index in [1.165, 1.54) is 12.8 Å². The second-order valence-corrected chi connectivity index (χ2v) is 6.57. The summed E-state index contributed by atoms with van der Waals surface area (Å²) >= 11 is 6.36. The van der Waals surface area contributed by atoms with Gasteiger partial charge in [0.2, 0.25) is 0 Å². The maximum Gasteiger partial charge on any atom is 0.327 e. The zero-order valence-electron chi connectivity index (χ0n) is 14.4. The molecule has 0 spiro atoms. The standard InChI is InChI=1S/C20H23ClN2O2/c1-25-20(24)19(17-10-5-6-11-18(17)21)23-13-7-12-22(14-15-23)16-8-3-2-4-9-16/h2-6,8-11,19H,7,12-15H2,1H3. The van der Waals surface area contributed by atoms with E-state index < -0.39 is 6.04 Å². The number of carbonyl (C=O) groups excluding carboxylic acids is 1. The van der Waals surface area contributed by atoms with Gasteiger partial charge in [-0.05, 0) is 30.2 Å². The fraction of sp³-hybridized carbons (Fsp3) is 0.350. The van der Waals surface area contributed by atoms with Crippen LogP contribution in [0.25, 0.3) is 0 Å². The van der Waals surface area contributed by atoms with Crippen LogP contribution in [-0.4, -0.2) is 44.2 Å². The largest absolute Gasteiger partial charge is 0.468 e. The van der Waals surface area contributed by atoms with E-state index in [4.69, 9.17) is 16.3 Å². The summed E-state index contributed by atoms with van der Waals surface area (Å²) in [5, 5.41) is 0.599. The number of hydrogen-bond donors (Lipinski definition) is 0. The summed E-state index contributed by atoms with van der Waals surface area (Å²) in [5.41, 5.74) is 2.03. The van der Waals surface area contributed by atoms with Crippen molar-refractivity contribution >= 4 is 23.3 Å². The van der Waals surface area contributed by atoms with Gasteiger partial charge < -0.3 is 9.64 Å². The van der Waals surface area contributed by atoms with E-state index in [9.17, 15) is 4.79 Å². The van der Waals surface area contributed by atoms with Gasteiger partial charge in [-0.1, -0.05) is 48.0 Å². The molecule has 0 amide bonds. The lowest BCUT2D eigenvalue weighted by Crippen LogP contribution is -2.38. The minimum Gasteiger partial charge on any atom is -0.468 e. The maximum atomic E-state index is 12.5. The molecule has 3 rings (SSSR count). The third-order valence-corrected chi connectivity index (χ3v) is 4.99. The summed E-state index contributed by atoms with van der Waals surface area (Å²) in [6, 6.07) is 17.4. The second kappa shape index (κ2) is 8.37. The Morgan fingerprint density at radius 3 is 2.44 bits per heavy atom. The van der Waals surface area contributed by atoms with Gasteiger partial charge in [-0.25, -0.2) is 4.79 Å². The zero-order chi connectivity index (χ0) is 17.6. The minimum absolute atomic E-state index is 0.263. The first-order valence-electron chi connectivity index (χ1n) is 8.57. The predicted molar refractivity (Wildman–Crippen MR) is 101 cm³/mol. The molecule has 1 aliphatic heterocycles. The molecule has 0 radical (unpaired) electrons. The first kappa shape index (κ1) is 17.8. The molecule has 1 heterocycles. The molecule has 1 saturated heterocycles. The van der Waals surface area contributed by atoms with Crippen molar-refractivity contribution in [3.8, 4) is 0 Å². The molecule has 4 nitrogen and oxygen atoms in total. The fourth-order valence-corrected chi connectivity index (χ4v) is 3.61. The highest BCUT2D eigenvalue weighted by molar-refractivity contribution is 6.31. The highest BCUT2D eigenvalue weighted by Crippen LogP contribution is 2.30. The van der Waals surface area contributed by atoms with E-state index in [-0.39, 0.29) is 5.97 Å². The number of nitrogens with zero attached hydrogens (tertiary/aromatic N) is 2. The van der Waals surface area contributed by atoms with Crippen molar-refractivity contribution in [3.05, 3.63) is 65.2 Å². The highest BCUT2D eigenvalue weighted by atomic mass is 35.5. The Hall–Kier alpha value is -2.04. The van der Waals surface area contributed by atoms with Crippen molar-refractivity contribution in [3.63, 3.8) is 0 Å². The number of halogens is 1. The third-order valence-electron chi connectivity index (χ3n) is 4.64. The molecule has 0 aromatic heterocycles. The summed E-state index contributed by atoms with van der Waals surface area (Å²) in [5.74, 6) is -0.263. The number of methoxy groups -OCH3 is 1. The Bertz CT molecular complexity index is 708. The lowest BCUT2D eigenvalue weighted by Gasteiger charge is -2.29. The fourth-order valence-electron chi connectivity index (χ4n) is 3.37. The molecule has 0 saturated carbocycles. The summed E-state index contributed by atoms with van der Waals surface area (Å²) in [7, 11) is 1.43. The molecular weight excluding hydrogens is 336 g/mol. The molecule has 2 aromatic carbocycles. The summed E-state index contributed by atoms with van der Waals surface area (Å²) in [6.07, 6.45) is 0.979. The number of rotatable bonds is 4. The van der Waals surface area contributed by atoms with Crippen molar-refractivity contribution in [2.24, 2.45) is 0 Å². The van der Waals surface area contributed by atoms with E-state index in [1.807, 2.05) is 30.3 Å². The molecule has 1 fully saturated rings. The number of esters is 1. The summed E-state index contributed by atoms with van der Waals surface area (Å²) in [4.78, 5) is 17.0. The Kier molecular flexibility index (Phi) is 5.95. The summed E-state index contributed by atoms with van der Waals surface area (Å²) in [6.45, 7) is 3.44. The Morgan fingerprint density at radius 2 is 1.72 bits per heavy atom. The van der Waals surface area contributed by atoms with Crippen molar-refractivity contribution in [1.29, 1.82) is 0 Å². The zero-order valence-corrected chi connectivity index (χ0v) is 15.2.